The predicted octanol–water partition coefficient (Wildman–Crippen LogP) is 4.76. The van der Waals surface area contributed by atoms with Gasteiger partial charge in [0.15, 0.2) is 5.78 Å². The van der Waals surface area contributed by atoms with E-state index in [9.17, 15) is 14.4 Å². The molecule has 0 bridgehead atoms. The largest absolute Gasteiger partial charge is 0.493 e. The van der Waals surface area contributed by atoms with Gasteiger partial charge >= 0.3 is 4.87 Å². The summed E-state index contributed by atoms with van der Waals surface area (Å²) >= 11 is 6.39. The van der Waals surface area contributed by atoms with Gasteiger partial charge in [-0.15, -0.1) is 11.8 Å². The van der Waals surface area contributed by atoms with Gasteiger partial charge in [-0.05, 0) is 49.4 Å². The van der Waals surface area contributed by atoms with Gasteiger partial charge in [-0.3, -0.25) is 19.0 Å². The van der Waals surface area contributed by atoms with E-state index in [2.05, 4.69) is 27.3 Å². The van der Waals surface area contributed by atoms with E-state index in [4.69, 9.17) is 4.74 Å². The van der Waals surface area contributed by atoms with E-state index in [0.29, 0.717) is 17.9 Å². The Bertz CT molecular complexity index is 1280. The summed E-state index contributed by atoms with van der Waals surface area (Å²) in [6, 6.07) is 12.7. The van der Waals surface area contributed by atoms with Gasteiger partial charge in [-0.1, -0.05) is 27.3 Å². The molecule has 2 aliphatic rings. The minimum absolute atomic E-state index is 0.0311. The average molecular weight is 531 g/mol. The van der Waals surface area contributed by atoms with Crippen molar-refractivity contribution < 1.29 is 14.3 Å². The van der Waals surface area contributed by atoms with Gasteiger partial charge in [0.2, 0.25) is 5.91 Å². The van der Waals surface area contributed by atoms with Crippen LogP contribution in [-0.2, 0) is 11.3 Å². The van der Waals surface area contributed by atoms with Crippen molar-refractivity contribution in [2.45, 2.75) is 24.4 Å². The zero-order valence-corrected chi connectivity index (χ0v) is 20.3. The van der Waals surface area contributed by atoms with Crippen molar-refractivity contribution >= 4 is 56.4 Å². The number of benzene rings is 2. The van der Waals surface area contributed by atoms with Crippen molar-refractivity contribution in [1.29, 1.82) is 0 Å². The van der Waals surface area contributed by atoms with Crippen LogP contribution in [0.5, 0.6) is 5.75 Å². The van der Waals surface area contributed by atoms with E-state index >= 15 is 0 Å². The van der Waals surface area contributed by atoms with Gasteiger partial charge < -0.3 is 10.1 Å². The summed E-state index contributed by atoms with van der Waals surface area (Å²) in [5.41, 5.74) is 2.26. The highest BCUT2D eigenvalue weighted by Gasteiger charge is 2.40. The Labute approximate surface area is 201 Å². The lowest BCUT2D eigenvalue weighted by atomic mass is 9.84. The maximum Gasteiger partial charge on any atom is 0.308 e. The zero-order chi connectivity index (χ0) is 22.4. The molecule has 2 atom stereocenters. The van der Waals surface area contributed by atoms with Crippen LogP contribution in [0.1, 0.15) is 33.6 Å². The molecule has 2 aliphatic heterocycles. The number of amides is 1. The maximum absolute atomic E-state index is 12.9. The van der Waals surface area contributed by atoms with Crippen molar-refractivity contribution in [3.8, 4) is 5.75 Å². The Morgan fingerprint density at radius 2 is 2.00 bits per heavy atom. The molecule has 0 radical (unpaired) electrons. The van der Waals surface area contributed by atoms with Gasteiger partial charge in [0.05, 0.1) is 11.6 Å². The fraction of sp³-hybridized carbons (Fsp3) is 0.261. The highest BCUT2D eigenvalue weighted by molar-refractivity contribution is 9.10. The SMILES string of the molecule is CC(=O)c1ccc(NC(=O)Cn2c3c(sc2=O)[C@@H]2c4cc(Br)ccc4OC[C@H]2CS3)cc1. The molecule has 0 unspecified atom stereocenters. The molecule has 1 amide bonds. The quantitative estimate of drug-likeness (QED) is 0.492. The summed E-state index contributed by atoms with van der Waals surface area (Å²) in [7, 11) is 0. The van der Waals surface area contributed by atoms with Crippen LogP contribution in [0.25, 0.3) is 0 Å². The van der Waals surface area contributed by atoms with Crippen molar-refractivity contribution in [1.82, 2.24) is 4.57 Å². The van der Waals surface area contributed by atoms with Crippen LogP contribution in [0.3, 0.4) is 0 Å². The Morgan fingerprint density at radius 3 is 2.75 bits per heavy atom. The summed E-state index contributed by atoms with van der Waals surface area (Å²) in [5, 5.41) is 3.69. The lowest BCUT2D eigenvalue weighted by molar-refractivity contribution is -0.116. The van der Waals surface area contributed by atoms with Gasteiger partial charge in [-0.2, -0.15) is 0 Å². The number of hydrogen-bond donors (Lipinski definition) is 1. The fourth-order valence-corrected chi connectivity index (χ4v) is 7.22. The Balaban J connectivity index is 1.41. The van der Waals surface area contributed by atoms with Gasteiger partial charge in [0.25, 0.3) is 0 Å². The highest BCUT2D eigenvalue weighted by Crippen LogP contribution is 2.51. The molecule has 2 aromatic carbocycles. The van der Waals surface area contributed by atoms with Crippen LogP contribution in [0.4, 0.5) is 5.69 Å². The summed E-state index contributed by atoms with van der Waals surface area (Å²) in [5.74, 6) is 1.75. The van der Waals surface area contributed by atoms with Crippen LogP contribution >= 0.6 is 39.0 Å². The zero-order valence-electron chi connectivity index (χ0n) is 17.1. The van der Waals surface area contributed by atoms with E-state index in [1.54, 1.807) is 40.6 Å². The predicted molar refractivity (Wildman–Crippen MR) is 129 cm³/mol. The number of nitrogens with one attached hydrogen (secondary N) is 1. The molecule has 0 fully saturated rings. The summed E-state index contributed by atoms with van der Waals surface area (Å²) in [6.45, 7) is 2.07. The number of hydrogen-bond acceptors (Lipinski definition) is 6. The van der Waals surface area contributed by atoms with Crippen molar-refractivity contribution in [3.63, 3.8) is 0 Å². The van der Waals surface area contributed by atoms with Crippen LogP contribution in [0, 0.1) is 5.92 Å². The smallest absolute Gasteiger partial charge is 0.308 e. The number of fused-ring (bicyclic) bond motifs is 5. The third kappa shape index (κ3) is 3.93. The summed E-state index contributed by atoms with van der Waals surface area (Å²) in [6.07, 6.45) is 0. The molecule has 0 aliphatic carbocycles. The normalized spacial score (nSPS) is 18.7. The van der Waals surface area contributed by atoms with Crippen molar-refractivity contribution in [2.75, 3.05) is 17.7 Å². The second kappa shape index (κ2) is 8.53. The van der Waals surface area contributed by atoms with E-state index in [0.717, 1.165) is 31.4 Å². The number of nitrogens with zero attached hydrogens (tertiary/aromatic N) is 1. The number of rotatable bonds is 4. The lowest BCUT2D eigenvalue weighted by Crippen LogP contribution is -2.31. The molecule has 164 valence electrons. The lowest BCUT2D eigenvalue weighted by Gasteiger charge is -2.36. The first-order valence-electron chi connectivity index (χ1n) is 10.1. The number of ketones is 1. The molecule has 1 N–H and O–H groups in total. The second-order valence-corrected chi connectivity index (χ2v) is 10.8. The third-order valence-corrected chi connectivity index (χ3v) is 8.69. The molecule has 3 heterocycles. The van der Waals surface area contributed by atoms with E-state index in [1.165, 1.54) is 18.3 Å². The standard InChI is InChI=1S/C23H19BrN2O4S2/c1-12(27)13-2-5-16(6-3-13)25-19(28)9-26-22-21(32-23(26)29)20-14(11-31-22)10-30-18-7-4-15(24)8-17(18)20/h2-8,14,20H,9-11H2,1H3,(H,25,28)/t14-,20-/m0/s1. The molecular formula is C23H19BrN2O4S2. The monoisotopic (exact) mass is 530 g/mol. The number of anilines is 1. The molecule has 32 heavy (non-hydrogen) atoms. The second-order valence-electron chi connectivity index (χ2n) is 7.85. The number of thioether (sulfide) groups is 1. The molecule has 6 nitrogen and oxygen atoms in total. The molecule has 0 saturated carbocycles. The molecule has 1 aromatic heterocycles. The minimum atomic E-state index is -0.277. The Hall–Kier alpha value is -2.36. The number of Topliss-reactive ketones (excluding diaryl/α,β-unsaturated/α-hetero) is 1. The molecular weight excluding hydrogens is 512 g/mol. The van der Waals surface area contributed by atoms with Crippen LogP contribution in [0.15, 0.2) is 56.8 Å². The molecule has 9 heteroatoms. The fourth-order valence-electron chi connectivity index (χ4n) is 4.15. The highest BCUT2D eigenvalue weighted by atomic mass is 79.9. The van der Waals surface area contributed by atoms with Gasteiger partial charge in [0, 0.05) is 43.8 Å². The molecule has 5 rings (SSSR count). The Kier molecular flexibility index (Phi) is 5.73. The van der Waals surface area contributed by atoms with E-state index in [-0.39, 0.29) is 34.9 Å². The number of carbonyl (C=O) groups excluding carboxylic acids is 2. The van der Waals surface area contributed by atoms with E-state index < -0.39 is 0 Å². The third-order valence-electron chi connectivity index (χ3n) is 5.70. The van der Waals surface area contributed by atoms with Crippen molar-refractivity contribution in [3.05, 3.63) is 72.6 Å². The van der Waals surface area contributed by atoms with E-state index in [1.807, 2.05) is 12.1 Å². The van der Waals surface area contributed by atoms with Crippen molar-refractivity contribution in [2.24, 2.45) is 5.92 Å². The first-order chi connectivity index (χ1) is 15.4. The first kappa shape index (κ1) is 21.5. The Morgan fingerprint density at radius 1 is 1.22 bits per heavy atom. The summed E-state index contributed by atoms with van der Waals surface area (Å²) < 4.78 is 8.51. The van der Waals surface area contributed by atoms with Gasteiger partial charge in [-0.25, -0.2) is 0 Å². The molecule has 0 spiro atoms. The maximum atomic E-state index is 12.9. The van der Waals surface area contributed by atoms with Crippen LogP contribution < -0.4 is 14.9 Å². The average Bonchev–Trinajstić information content (AvgIpc) is 3.08. The van der Waals surface area contributed by atoms with Crippen LogP contribution in [0.2, 0.25) is 0 Å². The molecule has 3 aromatic rings. The number of ether oxygens (including phenoxy) is 1. The number of thiazole rings is 1. The number of halogens is 1. The summed E-state index contributed by atoms with van der Waals surface area (Å²) in [4.78, 5) is 37.9. The topological polar surface area (TPSA) is 77.4 Å². The number of carbonyl (C=O) groups is 2. The van der Waals surface area contributed by atoms with Gasteiger partial charge in [0.1, 0.15) is 12.3 Å². The first-order valence-corrected chi connectivity index (χ1v) is 12.7. The number of aromatic nitrogens is 1. The molecule has 0 saturated heterocycles. The van der Waals surface area contributed by atoms with Crippen LogP contribution in [-0.4, -0.2) is 28.6 Å². The minimum Gasteiger partial charge on any atom is -0.493 e.